The zero-order chi connectivity index (χ0) is 26.1. The normalized spacial score (nSPS) is 11.1. The number of hydrazone groups is 1. The molecule has 3 aromatic rings. The van der Waals surface area contributed by atoms with Gasteiger partial charge in [0.2, 0.25) is 0 Å². The highest BCUT2D eigenvalue weighted by Crippen LogP contribution is 2.31. The van der Waals surface area contributed by atoms with Crippen molar-refractivity contribution in [1.29, 1.82) is 0 Å². The van der Waals surface area contributed by atoms with E-state index in [4.69, 9.17) is 4.74 Å². The van der Waals surface area contributed by atoms with Crippen molar-refractivity contribution in [2.75, 3.05) is 17.2 Å². The first-order valence-corrected chi connectivity index (χ1v) is 10.6. The molecule has 0 saturated heterocycles. The molecule has 0 radical (unpaired) electrons. The van der Waals surface area contributed by atoms with Gasteiger partial charge in [-0.25, -0.2) is 5.43 Å². The summed E-state index contributed by atoms with van der Waals surface area (Å²) in [5.41, 5.74) is 1.25. The summed E-state index contributed by atoms with van der Waals surface area (Å²) in [5, 5.41) is 8.42. The van der Waals surface area contributed by atoms with Crippen LogP contribution < -0.4 is 20.8 Å². The Bertz CT molecular complexity index is 1270. The van der Waals surface area contributed by atoms with Crippen LogP contribution in [-0.4, -0.2) is 30.5 Å². The number of amides is 3. The van der Waals surface area contributed by atoms with E-state index < -0.39 is 29.5 Å². The number of hydrogen-bond donors (Lipinski definition) is 3. The molecule has 36 heavy (non-hydrogen) atoms. The van der Waals surface area contributed by atoms with Crippen molar-refractivity contribution in [3.63, 3.8) is 0 Å². The summed E-state index contributed by atoms with van der Waals surface area (Å²) in [6, 6.07) is 17.3. The summed E-state index contributed by atoms with van der Waals surface area (Å²) in [6.07, 6.45) is -3.83. The second-order valence-corrected chi connectivity index (χ2v) is 7.20. The SMILES string of the molecule is CCOc1ccc(NC(=O)c2ccccc2NC(=O)C(=O)NN=Cc2ccccc2C(F)(F)F)cc1. The molecule has 0 bridgehead atoms. The molecule has 3 amide bonds. The molecule has 3 aromatic carbocycles. The van der Waals surface area contributed by atoms with Crippen LogP contribution >= 0.6 is 0 Å². The molecule has 0 saturated carbocycles. The summed E-state index contributed by atoms with van der Waals surface area (Å²) >= 11 is 0. The number of carbonyl (C=O) groups excluding carboxylic acids is 3. The van der Waals surface area contributed by atoms with Crippen molar-refractivity contribution in [2.24, 2.45) is 5.10 Å². The molecule has 3 N–H and O–H groups in total. The second kappa shape index (κ2) is 11.6. The summed E-state index contributed by atoms with van der Waals surface area (Å²) in [7, 11) is 0. The van der Waals surface area contributed by atoms with Gasteiger partial charge in [-0.1, -0.05) is 30.3 Å². The van der Waals surface area contributed by atoms with Gasteiger partial charge in [-0.2, -0.15) is 18.3 Å². The molecule has 0 aliphatic heterocycles. The van der Waals surface area contributed by atoms with Crippen molar-refractivity contribution >= 4 is 35.3 Å². The van der Waals surface area contributed by atoms with Gasteiger partial charge in [-0.15, -0.1) is 0 Å². The Balaban J connectivity index is 1.64. The highest BCUT2D eigenvalue weighted by Gasteiger charge is 2.32. The Morgan fingerprint density at radius 2 is 1.56 bits per heavy atom. The van der Waals surface area contributed by atoms with E-state index in [0.717, 1.165) is 18.3 Å². The maximum Gasteiger partial charge on any atom is 0.417 e. The molecule has 8 nitrogen and oxygen atoms in total. The lowest BCUT2D eigenvalue weighted by Gasteiger charge is -2.11. The van der Waals surface area contributed by atoms with Crippen molar-refractivity contribution in [1.82, 2.24) is 5.43 Å². The van der Waals surface area contributed by atoms with Crippen LogP contribution in [0.15, 0.2) is 77.9 Å². The predicted molar refractivity (Wildman–Crippen MR) is 128 cm³/mol. The smallest absolute Gasteiger partial charge is 0.417 e. The first-order valence-electron chi connectivity index (χ1n) is 10.6. The van der Waals surface area contributed by atoms with Gasteiger partial charge >= 0.3 is 18.0 Å². The van der Waals surface area contributed by atoms with Gasteiger partial charge in [0.05, 0.1) is 29.6 Å². The minimum absolute atomic E-state index is 0.0486. The number of anilines is 2. The predicted octanol–water partition coefficient (Wildman–Crippen LogP) is 4.45. The Hall–Kier alpha value is -4.67. The number of halogens is 3. The lowest BCUT2D eigenvalue weighted by molar-refractivity contribution is -0.137. The van der Waals surface area contributed by atoms with Crippen LogP contribution in [0.5, 0.6) is 5.75 Å². The van der Waals surface area contributed by atoms with Gasteiger partial charge in [0.15, 0.2) is 0 Å². The topological polar surface area (TPSA) is 109 Å². The highest BCUT2D eigenvalue weighted by molar-refractivity contribution is 6.40. The summed E-state index contributed by atoms with van der Waals surface area (Å²) in [6.45, 7) is 2.35. The minimum Gasteiger partial charge on any atom is -0.494 e. The number of nitrogens with one attached hydrogen (secondary N) is 3. The van der Waals surface area contributed by atoms with E-state index in [9.17, 15) is 27.6 Å². The molecule has 0 aliphatic carbocycles. The largest absolute Gasteiger partial charge is 0.494 e. The summed E-state index contributed by atoms with van der Waals surface area (Å²) < 4.78 is 44.5. The second-order valence-electron chi connectivity index (χ2n) is 7.20. The molecule has 0 unspecified atom stereocenters. The third-order valence-corrected chi connectivity index (χ3v) is 4.69. The van der Waals surface area contributed by atoms with Gasteiger partial charge < -0.3 is 15.4 Å². The van der Waals surface area contributed by atoms with Crippen LogP contribution in [0.25, 0.3) is 0 Å². The number of rotatable bonds is 7. The fraction of sp³-hybridized carbons (Fsp3) is 0.120. The average Bonchev–Trinajstić information content (AvgIpc) is 2.85. The Morgan fingerprint density at radius 1 is 0.889 bits per heavy atom. The molecule has 0 heterocycles. The number of alkyl halides is 3. The van der Waals surface area contributed by atoms with E-state index in [2.05, 4.69) is 15.7 Å². The number of para-hydroxylation sites is 1. The molecule has 11 heteroatoms. The van der Waals surface area contributed by atoms with E-state index in [0.29, 0.717) is 18.0 Å². The molecular weight excluding hydrogens is 477 g/mol. The number of benzene rings is 3. The standard InChI is InChI=1S/C25H21F3N4O4/c1-2-36-18-13-11-17(12-14-18)30-22(33)19-8-4-6-10-21(19)31-23(34)24(35)32-29-15-16-7-3-5-9-20(16)25(26,27)28/h3-15H,2H2,1H3,(H,30,33)(H,31,34)(H,32,35). The monoisotopic (exact) mass is 498 g/mol. The lowest BCUT2D eigenvalue weighted by atomic mass is 10.1. The molecule has 0 aliphatic rings. The third kappa shape index (κ3) is 6.92. The maximum absolute atomic E-state index is 13.0. The van der Waals surface area contributed by atoms with Gasteiger partial charge in [-0.3, -0.25) is 14.4 Å². The van der Waals surface area contributed by atoms with E-state index in [-0.39, 0.29) is 16.8 Å². The van der Waals surface area contributed by atoms with Gasteiger partial charge in [0.1, 0.15) is 5.75 Å². The van der Waals surface area contributed by atoms with Crippen LogP contribution in [0.1, 0.15) is 28.4 Å². The van der Waals surface area contributed by atoms with Crippen molar-refractivity contribution in [3.05, 3.63) is 89.5 Å². The van der Waals surface area contributed by atoms with Crippen LogP contribution in [0.2, 0.25) is 0 Å². The molecule has 0 atom stereocenters. The van der Waals surface area contributed by atoms with Crippen LogP contribution in [-0.2, 0) is 15.8 Å². The zero-order valence-corrected chi connectivity index (χ0v) is 18.9. The van der Waals surface area contributed by atoms with Crippen molar-refractivity contribution in [2.45, 2.75) is 13.1 Å². The first-order chi connectivity index (χ1) is 17.2. The summed E-state index contributed by atoms with van der Waals surface area (Å²) in [5.74, 6) is -2.31. The molecule has 0 aromatic heterocycles. The molecule has 186 valence electrons. The van der Waals surface area contributed by atoms with E-state index in [1.165, 1.54) is 24.3 Å². The van der Waals surface area contributed by atoms with Gasteiger partial charge in [0.25, 0.3) is 5.91 Å². The van der Waals surface area contributed by atoms with Crippen LogP contribution in [0.4, 0.5) is 24.5 Å². The van der Waals surface area contributed by atoms with Gasteiger partial charge in [-0.05, 0) is 49.4 Å². The Labute approximate surface area is 204 Å². The highest BCUT2D eigenvalue weighted by atomic mass is 19.4. The molecule has 0 fully saturated rings. The van der Waals surface area contributed by atoms with E-state index >= 15 is 0 Å². The third-order valence-electron chi connectivity index (χ3n) is 4.69. The number of nitrogens with zero attached hydrogens (tertiary/aromatic N) is 1. The molecule has 0 spiro atoms. The van der Waals surface area contributed by atoms with Crippen LogP contribution in [0.3, 0.4) is 0 Å². The quantitative estimate of drug-likeness (QED) is 0.254. The lowest BCUT2D eigenvalue weighted by Crippen LogP contribution is -2.33. The van der Waals surface area contributed by atoms with Gasteiger partial charge in [0, 0.05) is 11.3 Å². The van der Waals surface area contributed by atoms with Crippen LogP contribution in [0, 0.1) is 0 Å². The first kappa shape index (κ1) is 25.9. The number of hydrogen-bond acceptors (Lipinski definition) is 5. The minimum atomic E-state index is -4.61. The van der Waals surface area contributed by atoms with E-state index in [1.54, 1.807) is 36.4 Å². The Kier molecular flexibility index (Phi) is 8.39. The number of carbonyl (C=O) groups is 3. The van der Waals surface area contributed by atoms with E-state index in [1.807, 2.05) is 12.3 Å². The fourth-order valence-electron chi connectivity index (χ4n) is 3.05. The zero-order valence-electron chi connectivity index (χ0n) is 18.9. The molecular formula is C25H21F3N4O4. The Morgan fingerprint density at radius 3 is 2.25 bits per heavy atom. The maximum atomic E-state index is 13.0. The van der Waals surface area contributed by atoms with Crippen molar-refractivity contribution in [3.8, 4) is 5.75 Å². The van der Waals surface area contributed by atoms with Crippen molar-refractivity contribution < 1.29 is 32.3 Å². The summed E-state index contributed by atoms with van der Waals surface area (Å²) in [4.78, 5) is 37.1. The average molecular weight is 498 g/mol. The number of ether oxygens (including phenoxy) is 1. The fourth-order valence-corrected chi connectivity index (χ4v) is 3.05. The molecule has 3 rings (SSSR count).